The van der Waals surface area contributed by atoms with Crippen molar-refractivity contribution in [3.05, 3.63) is 71.1 Å². The largest absolute Gasteiger partial charge is 0.487 e. The predicted octanol–water partition coefficient (Wildman–Crippen LogP) is 7.43. The Hall–Kier alpha value is -2.86. The molecule has 5 nitrogen and oxygen atoms in total. The monoisotopic (exact) mass is 538 g/mol. The average Bonchev–Trinajstić information content (AvgIpc) is 2.94. The van der Waals surface area contributed by atoms with Gasteiger partial charge < -0.3 is 19.3 Å². The van der Waals surface area contributed by atoms with Crippen LogP contribution in [-0.2, 0) is 9.53 Å². The lowest BCUT2D eigenvalue weighted by Crippen LogP contribution is -2.15. The van der Waals surface area contributed by atoms with Gasteiger partial charge in [0, 0.05) is 5.57 Å². The number of aliphatic hydroxyl groups excluding tert-OH is 1. The third-order valence-corrected chi connectivity index (χ3v) is 8.39. The minimum absolute atomic E-state index is 0.0389. The Morgan fingerprint density at radius 3 is 2.08 bits per heavy atom. The molecule has 39 heavy (non-hydrogen) atoms. The molecule has 0 amide bonds. The molecule has 0 spiro atoms. The van der Waals surface area contributed by atoms with Crippen molar-refractivity contribution in [2.24, 2.45) is 5.92 Å². The van der Waals surface area contributed by atoms with Crippen LogP contribution in [0.4, 0.5) is 4.39 Å². The molecule has 2 fully saturated rings. The standard InChI is InChI=1S/C33H43FO5/c1-22(2)33(36)39-19-18-38-32-21-28(13-15-31(32)37-17-16-35)25-8-10-26(11-9-25)29-14-12-27(20-30(29)34)24-6-4-23(3)5-7-24/h12-15,20-21,23-26,35H,1,4-11,16-19H2,2-3H3. The second kappa shape index (κ2) is 14.0. The first-order chi connectivity index (χ1) is 18.9. The van der Waals surface area contributed by atoms with E-state index in [0.29, 0.717) is 28.9 Å². The Labute approximate surface area is 232 Å². The Balaban J connectivity index is 1.36. The maximum Gasteiger partial charge on any atom is 0.333 e. The van der Waals surface area contributed by atoms with Crippen molar-refractivity contribution >= 4 is 5.97 Å². The fourth-order valence-electron chi connectivity index (χ4n) is 6.03. The maximum atomic E-state index is 15.2. The van der Waals surface area contributed by atoms with Gasteiger partial charge in [-0.1, -0.05) is 44.5 Å². The van der Waals surface area contributed by atoms with Crippen LogP contribution in [0.3, 0.4) is 0 Å². The zero-order valence-electron chi connectivity index (χ0n) is 23.4. The highest BCUT2D eigenvalue weighted by Gasteiger charge is 2.27. The average molecular weight is 539 g/mol. The number of esters is 1. The highest BCUT2D eigenvalue weighted by molar-refractivity contribution is 5.86. The molecule has 2 aliphatic carbocycles. The molecule has 0 radical (unpaired) electrons. The molecule has 6 heteroatoms. The minimum atomic E-state index is -0.449. The first-order valence-electron chi connectivity index (χ1n) is 14.5. The second-order valence-electron chi connectivity index (χ2n) is 11.3. The van der Waals surface area contributed by atoms with Crippen molar-refractivity contribution in [1.82, 2.24) is 0 Å². The summed E-state index contributed by atoms with van der Waals surface area (Å²) in [4.78, 5) is 11.6. The molecule has 0 atom stereocenters. The zero-order chi connectivity index (χ0) is 27.8. The summed E-state index contributed by atoms with van der Waals surface area (Å²) in [6.45, 7) is 7.84. The lowest BCUT2D eigenvalue weighted by molar-refractivity contribution is -0.139. The van der Waals surface area contributed by atoms with E-state index < -0.39 is 5.97 Å². The van der Waals surface area contributed by atoms with E-state index in [2.05, 4.69) is 19.6 Å². The molecule has 4 rings (SSSR count). The number of ether oxygens (including phenoxy) is 3. The van der Waals surface area contributed by atoms with E-state index in [-0.39, 0.29) is 38.2 Å². The SMILES string of the molecule is C=C(C)C(=O)OCCOc1cc(C2CCC(c3ccc(C4CCC(C)CC4)cc3F)CC2)ccc1OCCO. The van der Waals surface area contributed by atoms with Crippen LogP contribution < -0.4 is 9.47 Å². The molecule has 2 saturated carbocycles. The lowest BCUT2D eigenvalue weighted by Gasteiger charge is -2.30. The molecule has 0 unspecified atom stereocenters. The number of halogens is 1. The van der Waals surface area contributed by atoms with Gasteiger partial charge in [-0.2, -0.15) is 0 Å². The quantitative estimate of drug-likeness (QED) is 0.183. The summed E-state index contributed by atoms with van der Waals surface area (Å²) in [6.07, 6.45) is 8.64. The van der Waals surface area contributed by atoms with E-state index in [1.54, 1.807) is 6.92 Å². The van der Waals surface area contributed by atoms with E-state index in [1.165, 1.54) is 31.2 Å². The van der Waals surface area contributed by atoms with Crippen molar-refractivity contribution in [3.8, 4) is 11.5 Å². The minimum Gasteiger partial charge on any atom is -0.487 e. The highest BCUT2D eigenvalue weighted by Crippen LogP contribution is 2.44. The van der Waals surface area contributed by atoms with Gasteiger partial charge in [0.25, 0.3) is 0 Å². The van der Waals surface area contributed by atoms with Crippen LogP contribution >= 0.6 is 0 Å². The third kappa shape index (κ3) is 7.84. The molecule has 0 aliphatic heterocycles. The zero-order valence-corrected chi connectivity index (χ0v) is 23.4. The normalized spacial score (nSPS) is 23.2. The number of benzene rings is 2. The first kappa shape index (κ1) is 29.1. The van der Waals surface area contributed by atoms with Gasteiger partial charge in [0.2, 0.25) is 0 Å². The fraction of sp³-hybridized carbons (Fsp3) is 0.545. The Morgan fingerprint density at radius 2 is 1.44 bits per heavy atom. The van der Waals surface area contributed by atoms with Crippen LogP contribution in [0, 0.1) is 11.7 Å². The number of aliphatic hydroxyl groups is 1. The molecule has 2 aromatic rings. The van der Waals surface area contributed by atoms with Crippen LogP contribution in [0.1, 0.15) is 99.7 Å². The topological polar surface area (TPSA) is 65.0 Å². The van der Waals surface area contributed by atoms with Crippen molar-refractivity contribution in [3.63, 3.8) is 0 Å². The fourth-order valence-corrected chi connectivity index (χ4v) is 6.03. The van der Waals surface area contributed by atoms with Gasteiger partial charge in [-0.05, 0) is 104 Å². The molecule has 0 heterocycles. The van der Waals surface area contributed by atoms with Gasteiger partial charge >= 0.3 is 5.97 Å². The van der Waals surface area contributed by atoms with Gasteiger partial charge in [0.05, 0.1) is 6.61 Å². The summed E-state index contributed by atoms with van der Waals surface area (Å²) in [5.41, 5.74) is 3.53. The van der Waals surface area contributed by atoms with Crippen molar-refractivity contribution in [2.75, 3.05) is 26.4 Å². The van der Waals surface area contributed by atoms with Crippen molar-refractivity contribution < 1.29 is 28.5 Å². The van der Waals surface area contributed by atoms with Gasteiger partial charge in [0.15, 0.2) is 11.5 Å². The highest BCUT2D eigenvalue weighted by atomic mass is 19.1. The molecule has 0 bridgehead atoms. The summed E-state index contributed by atoms with van der Waals surface area (Å²) in [5.74, 6) is 2.50. The van der Waals surface area contributed by atoms with Crippen LogP contribution in [0.15, 0.2) is 48.6 Å². The number of carbonyl (C=O) groups is 1. The Morgan fingerprint density at radius 1 is 0.846 bits per heavy atom. The number of carbonyl (C=O) groups excluding carboxylic acids is 1. The number of hydrogen-bond donors (Lipinski definition) is 1. The maximum absolute atomic E-state index is 15.2. The van der Waals surface area contributed by atoms with Crippen molar-refractivity contribution in [1.29, 1.82) is 0 Å². The lowest BCUT2D eigenvalue weighted by atomic mass is 9.75. The molecule has 1 N–H and O–H groups in total. The second-order valence-corrected chi connectivity index (χ2v) is 11.3. The Kier molecular flexibility index (Phi) is 10.4. The molecule has 212 valence electrons. The van der Waals surface area contributed by atoms with Crippen LogP contribution in [0.25, 0.3) is 0 Å². The van der Waals surface area contributed by atoms with Crippen LogP contribution in [-0.4, -0.2) is 37.5 Å². The van der Waals surface area contributed by atoms with E-state index >= 15 is 4.39 Å². The van der Waals surface area contributed by atoms with Crippen molar-refractivity contribution in [2.45, 2.75) is 83.0 Å². The summed E-state index contributed by atoms with van der Waals surface area (Å²) >= 11 is 0. The van der Waals surface area contributed by atoms with E-state index in [9.17, 15) is 9.90 Å². The predicted molar refractivity (Wildman–Crippen MR) is 151 cm³/mol. The molecule has 2 aromatic carbocycles. The molecular weight excluding hydrogens is 495 g/mol. The summed E-state index contributed by atoms with van der Waals surface area (Å²) in [5, 5.41) is 9.18. The number of hydrogen-bond acceptors (Lipinski definition) is 5. The van der Waals surface area contributed by atoms with E-state index in [1.807, 2.05) is 30.3 Å². The van der Waals surface area contributed by atoms with Gasteiger partial charge in [-0.15, -0.1) is 0 Å². The first-order valence-corrected chi connectivity index (χ1v) is 14.5. The third-order valence-electron chi connectivity index (χ3n) is 8.39. The van der Waals surface area contributed by atoms with E-state index in [4.69, 9.17) is 14.2 Å². The summed E-state index contributed by atoms with van der Waals surface area (Å²) in [7, 11) is 0. The van der Waals surface area contributed by atoms with Gasteiger partial charge in [-0.3, -0.25) is 0 Å². The number of rotatable bonds is 11. The van der Waals surface area contributed by atoms with Gasteiger partial charge in [0.1, 0.15) is 25.6 Å². The van der Waals surface area contributed by atoms with Crippen LogP contribution in [0.5, 0.6) is 11.5 Å². The van der Waals surface area contributed by atoms with Crippen LogP contribution in [0.2, 0.25) is 0 Å². The summed E-state index contributed by atoms with van der Waals surface area (Å²) < 4.78 is 31.9. The van der Waals surface area contributed by atoms with E-state index in [0.717, 1.165) is 42.7 Å². The Bertz CT molecular complexity index is 1110. The molecular formula is C33H43FO5. The smallest absolute Gasteiger partial charge is 0.333 e. The molecule has 0 aromatic heterocycles. The van der Waals surface area contributed by atoms with Gasteiger partial charge in [-0.25, -0.2) is 9.18 Å². The molecule has 2 aliphatic rings. The summed E-state index contributed by atoms with van der Waals surface area (Å²) in [6, 6.07) is 11.9. The molecule has 0 saturated heterocycles.